The van der Waals surface area contributed by atoms with Crippen molar-refractivity contribution < 1.29 is 8.42 Å². The van der Waals surface area contributed by atoms with Crippen LogP contribution in [0.4, 0.5) is 5.69 Å². The van der Waals surface area contributed by atoms with Crippen molar-refractivity contribution in [1.82, 2.24) is 19.5 Å². The lowest BCUT2D eigenvalue weighted by atomic mass is 10.2. The molecule has 1 aromatic carbocycles. The maximum absolute atomic E-state index is 12.0. The largest absolute Gasteiger partial charge is 0.398 e. The molecule has 1 heterocycles. The molecule has 7 nitrogen and oxygen atoms in total. The third kappa shape index (κ3) is 3.78. The van der Waals surface area contributed by atoms with Gasteiger partial charge < -0.3 is 10.3 Å². The lowest BCUT2D eigenvalue weighted by Crippen LogP contribution is -2.28. The van der Waals surface area contributed by atoms with Crippen LogP contribution in [0.15, 0.2) is 30.6 Å². The molecule has 1 aromatic heterocycles. The normalized spacial score (nSPS) is 11.7. The first-order valence-electron chi connectivity index (χ1n) is 6.11. The highest BCUT2D eigenvalue weighted by molar-refractivity contribution is 7.88. The average Bonchev–Trinajstić information content (AvgIpc) is 2.78. The molecule has 3 N–H and O–H groups in total. The SMILES string of the molecule is Cn1cnnc1CCNS(=O)(=O)Cc1ccccc1N. The molecule has 0 saturated carbocycles. The minimum absolute atomic E-state index is 0.126. The summed E-state index contributed by atoms with van der Waals surface area (Å²) in [5.41, 5.74) is 6.81. The van der Waals surface area contributed by atoms with Crippen molar-refractivity contribution in [3.63, 3.8) is 0 Å². The number of hydrogen-bond donors (Lipinski definition) is 2. The highest BCUT2D eigenvalue weighted by atomic mass is 32.2. The third-order valence-electron chi connectivity index (χ3n) is 2.88. The molecule has 2 rings (SSSR count). The average molecular weight is 295 g/mol. The first-order valence-corrected chi connectivity index (χ1v) is 7.77. The van der Waals surface area contributed by atoms with E-state index in [0.29, 0.717) is 17.7 Å². The smallest absolute Gasteiger partial charge is 0.215 e. The summed E-state index contributed by atoms with van der Waals surface area (Å²) in [5.74, 6) is 0.602. The summed E-state index contributed by atoms with van der Waals surface area (Å²) in [5, 5.41) is 7.63. The summed E-state index contributed by atoms with van der Waals surface area (Å²) in [6.07, 6.45) is 2.06. The molecule has 20 heavy (non-hydrogen) atoms. The van der Waals surface area contributed by atoms with Gasteiger partial charge in [-0.2, -0.15) is 0 Å². The van der Waals surface area contributed by atoms with E-state index in [9.17, 15) is 8.42 Å². The Balaban J connectivity index is 1.92. The van der Waals surface area contributed by atoms with Gasteiger partial charge in [-0.3, -0.25) is 0 Å². The highest BCUT2D eigenvalue weighted by Crippen LogP contribution is 2.13. The summed E-state index contributed by atoms with van der Waals surface area (Å²) in [6.45, 7) is 0.279. The predicted octanol–water partition coefficient (Wildman–Crippen LogP) is 0.0594. The van der Waals surface area contributed by atoms with E-state index in [0.717, 1.165) is 5.82 Å². The Labute approximate surface area is 117 Å². The second-order valence-corrected chi connectivity index (χ2v) is 6.27. The molecule has 0 aliphatic carbocycles. The minimum atomic E-state index is -3.41. The van der Waals surface area contributed by atoms with Gasteiger partial charge >= 0.3 is 0 Å². The molecule has 8 heteroatoms. The fraction of sp³-hybridized carbons (Fsp3) is 0.333. The van der Waals surface area contributed by atoms with E-state index in [2.05, 4.69) is 14.9 Å². The highest BCUT2D eigenvalue weighted by Gasteiger charge is 2.13. The Morgan fingerprint density at radius 3 is 2.75 bits per heavy atom. The first-order chi connectivity index (χ1) is 9.48. The standard InChI is InChI=1S/C12H17N5O2S/c1-17-9-14-16-12(17)6-7-15-20(18,19)8-10-4-2-3-5-11(10)13/h2-5,9,15H,6-8,13H2,1H3. The van der Waals surface area contributed by atoms with Crippen LogP contribution in [0, 0.1) is 0 Å². The minimum Gasteiger partial charge on any atom is -0.398 e. The Morgan fingerprint density at radius 2 is 2.10 bits per heavy atom. The van der Waals surface area contributed by atoms with Crippen molar-refractivity contribution in [3.05, 3.63) is 42.0 Å². The van der Waals surface area contributed by atoms with Crippen LogP contribution < -0.4 is 10.5 Å². The Morgan fingerprint density at radius 1 is 1.35 bits per heavy atom. The van der Waals surface area contributed by atoms with Gasteiger partial charge in [0.25, 0.3) is 0 Å². The third-order valence-corrected chi connectivity index (χ3v) is 4.21. The molecule has 0 bridgehead atoms. The van der Waals surface area contributed by atoms with Gasteiger partial charge in [-0.15, -0.1) is 10.2 Å². The van der Waals surface area contributed by atoms with Crippen LogP contribution in [0.3, 0.4) is 0 Å². The quantitative estimate of drug-likeness (QED) is 0.734. The molecule has 2 aromatic rings. The predicted molar refractivity (Wildman–Crippen MR) is 76.2 cm³/mol. The van der Waals surface area contributed by atoms with Crippen LogP contribution in [0.2, 0.25) is 0 Å². The van der Waals surface area contributed by atoms with Crippen molar-refractivity contribution in [2.45, 2.75) is 12.2 Å². The second-order valence-electron chi connectivity index (χ2n) is 4.46. The summed E-state index contributed by atoms with van der Waals surface area (Å²) in [4.78, 5) is 0. The number of benzene rings is 1. The van der Waals surface area contributed by atoms with Gasteiger partial charge in [0.1, 0.15) is 12.2 Å². The lowest BCUT2D eigenvalue weighted by Gasteiger charge is -2.08. The Kier molecular flexibility index (Phi) is 4.35. The van der Waals surface area contributed by atoms with E-state index in [1.54, 1.807) is 35.2 Å². The molecular formula is C12H17N5O2S. The van der Waals surface area contributed by atoms with E-state index in [1.165, 1.54) is 0 Å². The molecular weight excluding hydrogens is 278 g/mol. The molecule has 0 unspecified atom stereocenters. The fourth-order valence-corrected chi connectivity index (χ4v) is 2.96. The number of sulfonamides is 1. The van der Waals surface area contributed by atoms with E-state index in [1.807, 2.05) is 7.05 Å². The van der Waals surface area contributed by atoms with Crippen LogP contribution in [0.25, 0.3) is 0 Å². The van der Waals surface area contributed by atoms with Crippen LogP contribution in [-0.2, 0) is 29.2 Å². The van der Waals surface area contributed by atoms with Crippen molar-refractivity contribution >= 4 is 15.7 Å². The zero-order valence-corrected chi connectivity index (χ0v) is 12.0. The van der Waals surface area contributed by atoms with Crippen LogP contribution >= 0.6 is 0 Å². The van der Waals surface area contributed by atoms with E-state index in [4.69, 9.17) is 5.73 Å². The summed E-state index contributed by atoms with van der Waals surface area (Å²) in [6, 6.07) is 6.93. The topological polar surface area (TPSA) is 103 Å². The lowest BCUT2D eigenvalue weighted by molar-refractivity contribution is 0.579. The number of nitrogens with two attached hydrogens (primary N) is 1. The van der Waals surface area contributed by atoms with Gasteiger partial charge in [0.2, 0.25) is 10.0 Å². The molecule has 0 spiro atoms. The van der Waals surface area contributed by atoms with Gasteiger partial charge in [0, 0.05) is 25.7 Å². The molecule has 0 atom stereocenters. The van der Waals surface area contributed by atoms with Gasteiger partial charge in [-0.1, -0.05) is 18.2 Å². The number of rotatable bonds is 6. The molecule has 0 amide bonds. The number of nitrogens with one attached hydrogen (secondary N) is 1. The zero-order chi connectivity index (χ0) is 14.6. The van der Waals surface area contributed by atoms with Crippen molar-refractivity contribution in [2.75, 3.05) is 12.3 Å². The second kappa shape index (κ2) is 6.02. The summed E-state index contributed by atoms with van der Waals surface area (Å²) >= 11 is 0. The molecule has 0 aliphatic rings. The first kappa shape index (κ1) is 14.5. The molecule has 0 saturated heterocycles. The fourth-order valence-electron chi connectivity index (χ4n) is 1.77. The molecule has 0 aliphatic heterocycles. The molecule has 108 valence electrons. The monoisotopic (exact) mass is 295 g/mol. The van der Waals surface area contributed by atoms with Gasteiger partial charge in [0.15, 0.2) is 0 Å². The number of para-hydroxylation sites is 1. The van der Waals surface area contributed by atoms with Crippen LogP contribution in [0.1, 0.15) is 11.4 Å². The van der Waals surface area contributed by atoms with E-state index in [-0.39, 0.29) is 12.3 Å². The van der Waals surface area contributed by atoms with Gasteiger partial charge in [-0.05, 0) is 11.6 Å². The number of aryl methyl sites for hydroxylation is 1. The van der Waals surface area contributed by atoms with Crippen LogP contribution in [-0.4, -0.2) is 29.7 Å². The van der Waals surface area contributed by atoms with Crippen LogP contribution in [0.5, 0.6) is 0 Å². The Bertz CT molecular complexity index is 681. The van der Waals surface area contributed by atoms with Gasteiger partial charge in [-0.25, -0.2) is 13.1 Å². The van der Waals surface area contributed by atoms with Gasteiger partial charge in [0.05, 0.1) is 5.75 Å². The number of anilines is 1. The zero-order valence-electron chi connectivity index (χ0n) is 11.2. The molecule has 0 fully saturated rings. The van der Waals surface area contributed by atoms with Crippen molar-refractivity contribution in [2.24, 2.45) is 7.05 Å². The maximum atomic E-state index is 12.0. The Hall–Kier alpha value is -1.93. The van der Waals surface area contributed by atoms with E-state index >= 15 is 0 Å². The van der Waals surface area contributed by atoms with Crippen molar-refractivity contribution in [3.8, 4) is 0 Å². The maximum Gasteiger partial charge on any atom is 0.215 e. The van der Waals surface area contributed by atoms with Crippen molar-refractivity contribution in [1.29, 1.82) is 0 Å². The summed E-state index contributed by atoms with van der Waals surface area (Å²) < 4.78 is 28.2. The number of nitrogens with zero attached hydrogens (tertiary/aromatic N) is 3. The summed E-state index contributed by atoms with van der Waals surface area (Å²) in [7, 11) is -1.60. The van der Waals surface area contributed by atoms with E-state index < -0.39 is 10.0 Å². The number of hydrogen-bond acceptors (Lipinski definition) is 5. The number of aromatic nitrogens is 3. The molecule has 0 radical (unpaired) electrons. The number of nitrogen functional groups attached to an aromatic ring is 1.